The number of imidazole rings is 1. The lowest BCUT2D eigenvalue weighted by atomic mass is 10.0. The number of nitro groups is 1. The third-order valence-electron chi connectivity index (χ3n) is 5.46. The summed E-state index contributed by atoms with van der Waals surface area (Å²) in [6.45, 7) is 5.81. The van der Waals surface area contributed by atoms with Crippen molar-refractivity contribution in [1.82, 2.24) is 14.5 Å². The van der Waals surface area contributed by atoms with E-state index in [1.807, 2.05) is 43.3 Å². The third kappa shape index (κ3) is 5.00. The molecule has 9 heteroatoms. The highest BCUT2D eigenvalue weighted by Gasteiger charge is 2.41. The molecule has 30 heavy (non-hydrogen) atoms. The van der Waals surface area contributed by atoms with Crippen LogP contribution >= 0.6 is 11.6 Å². The lowest BCUT2D eigenvalue weighted by molar-refractivity contribution is -0.389. The summed E-state index contributed by atoms with van der Waals surface area (Å²) in [6.07, 6.45) is 7.72. The van der Waals surface area contributed by atoms with E-state index < -0.39 is 10.5 Å². The van der Waals surface area contributed by atoms with Gasteiger partial charge >= 0.3 is 11.8 Å². The van der Waals surface area contributed by atoms with Crippen molar-refractivity contribution in [3.8, 4) is 6.01 Å². The van der Waals surface area contributed by atoms with E-state index in [-0.39, 0.29) is 11.9 Å². The van der Waals surface area contributed by atoms with Crippen LogP contribution in [-0.2, 0) is 11.3 Å². The Labute approximate surface area is 180 Å². The normalized spacial score (nSPS) is 22.3. The molecule has 1 atom stereocenters. The lowest BCUT2D eigenvalue weighted by Crippen LogP contribution is -2.48. The molecular weight excluding hydrogens is 408 g/mol. The number of halogens is 1. The van der Waals surface area contributed by atoms with E-state index in [9.17, 15) is 10.1 Å². The molecule has 8 nitrogen and oxygen atoms in total. The van der Waals surface area contributed by atoms with Crippen molar-refractivity contribution in [3.63, 3.8) is 0 Å². The number of nitrogens with zero attached hydrogens (tertiary/aromatic N) is 4. The molecule has 1 aromatic heterocycles. The van der Waals surface area contributed by atoms with Crippen molar-refractivity contribution < 1.29 is 14.4 Å². The van der Waals surface area contributed by atoms with E-state index >= 15 is 0 Å². The minimum Gasteiger partial charge on any atom is -0.436 e. The van der Waals surface area contributed by atoms with Crippen LogP contribution in [0.15, 0.2) is 36.5 Å². The maximum atomic E-state index is 10.8. The Morgan fingerprint density at radius 1 is 1.37 bits per heavy atom. The van der Waals surface area contributed by atoms with Crippen LogP contribution in [0.3, 0.4) is 0 Å². The predicted octanol–water partition coefficient (Wildman–Crippen LogP) is 3.79. The molecule has 4 rings (SSSR count). The first kappa shape index (κ1) is 20.8. The molecule has 0 N–H and O–H groups in total. The number of hydrogen-bond donors (Lipinski definition) is 0. The molecule has 1 fully saturated rings. The molecule has 3 heterocycles. The molecule has 0 unspecified atom stereocenters. The Balaban J connectivity index is 1.19. The number of likely N-dealkylation sites (tertiary alicyclic amines) is 1. The van der Waals surface area contributed by atoms with E-state index in [1.54, 1.807) is 4.57 Å². The number of piperidine rings is 1. The van der Waals surface area contributed by atoms with Crippen molar-refractivity contribution in [2.24, 2.45) is 0 Å². The van der Waals surface area contributed by atoms with Crippen LogP contribution in [0, 0.1) is 10.1 Å². The minimum atomic E-state index is -0.499. The maximum Gasteiger partial charge on any atom is 0.415 e. The number of rotatable bonds is 7. The Kier molecular flexibility index (Phi) is 6.08. The first-order chi connectivity index (χ1) is 14.4. The second-order valence-electron chi connectivity index (χ2n) is 8.08. The highest BCUT2D eigenvalue weighted by molar-refractivity contribution is 6.30. The van der Waals surface area contributed by atoms with Crippen molar-refractivity contribution in [3.05, 3.63) is 57.2 Å². The Hall–Kier alpha value is -2.42. The number of benzene rings is 1. The first-order valence-corrected chi connectivity index (χ1v) is 10.4. The Morgan fingerprint density at radius 2 is 2.10 bits per heavy atom. The molecule has 2 aliphatic heterocycles. The summed E-state index contributed by atoms with van der Waals surface area (Å²) in [5.41, 5.74) is 0.680. The molecule has 0 spiro atoms. The second kappa shape index (κ2) is 8.75. The van der Waals surface area contributed by atoms with Crippen LogP contribution in [0.2, 0.25) is 5.02 Å². The van der Waals surface area contributed by atoms with E-state index in [0.29, 0.717) is 19.2 Å². The molecular formula is C21H25ClN4O4. The Bertz CT molecular complexity index is 896. The number of aromatic nitrogens is 2. The number of ether oxygens (including phenoxy) is 2. The fourth-order valence-electron chi connectivity index (χ4n) is 4.02. The van der Waals surface area contributed by atoms with Crippen LogP contribution < -0.4 is 4.74 Å². The summed E-state index contributed by atoms with van der Waals surface area (Å²) >= 11 is 5.89. The molecule has 0 saturated carbocycles. The van der Waals surface area contributed by atoms with Crippen LogP contribution in [0.25, 0.3) is 6.08 Å². The maximum absolute atomic E-state index is 10.8. The highest BCUT2D eigenvalue weighted by Crippen LogP contribution is 2.32. The quantitative estimate of drug-likeness (QED) is 0.489. The van der Waals surface area contributed by atoms with Crippen LogP contribution in [0.5, 0.6) is 6.01 Å². The molecule has 1 aromatic carbocycles. The van der Waals surface area contributed by atoms with Crippen LogP contribution in [0.4, 0.5) is 5.82 Å². The van der Waals surface area contributed by atoms with Crippen LogP contribution in [-0.4, -0.2) is 57.3 Å². The summed E-state index contributed by atoms with van der Waals surface area (Å²) in [5.74, 6) is -0.171. The van der Waals surface area contributed by atoms with Gasteiger partial charge in [0.25, 0.3) is 0 Å². The third-order valence-corrected chi connectivity index (χ3v) is 5.71. The monoisotopic (exact) mass is 432 g/mol. The van der Waals surface area contributed by atoms with Gasteiger partial charge in [0.05, 0.1) is 19.3 Å². The van der Waals surface area contributed by atoms with E-state index in [2.05, 4.69) is 9.88 Å². The largest absolute Gasteiger partial charge is 0.436 e. The average Bonchev–Trinajstić information content (AvgIpc) is 3.23. The molecule has 0 bridgehead atoms. The van der Waals surface area contributed by atoms with Gasteiger partial charge in [-0.2, -0.15) is 0 Å². The average molecular weight is 433 g/mol. The summed E-state index contributed by atoms with van der Waals surface area (Å²) < 4.78 is 13.7. The zero-order valence-electron chi connectivity index (χ0n) is 16.9. The molecule has 0 radical (unpaired) electrons. The fourth-order valence-corrected chi connectivity index (χ4v) is 4.15. The molecule has 160 valence electrons. The van der Waals surface area contributed by atoms with Gasteiger partial charge in [-0.3, -0.25) is 9.47 Å². The van der Waals surface area contributed by atoms with Gasteiger partial charge in [0.15, 0.2) is 0 Å². The van der Waals surface area contributed by atoms with Crippen molar-refractivity contribution >= 4 is 23.5 Å². The zero-order chi connectivity index (χ0) is 21.1. The van der Waals surface area contributed by atoms with Crippen molar-refractivity contribution in [2.75, 3.05) is 26.2 Å². The van der Waals surface area contributed by atoms with Gasteiger partial charge in [-0.05, 0) is 42.4 Å². The topological polar surface area (TPSA) is 82.7 Å². The van der Waals surface area contributed by atoms with Crippen LogP contribution in [0.1, 0.15) is 25.3 Å². The fraction of sp³-hybridized carbons (Fsp3) is 0.476. The molecule has 1 saturated heterocycles. The number of hydrogen-bond acceptors (Lipinski definition) is 6. The van der Waals surface area contributed by atoms with E-state index in [0.717, 1.165) is 43.1 Å². The van der Waals surface area contributed by atoms with Gasteiger partial charge in [-0.15, -0.1) is 0 Å². The SMILES string of the molecule is C[C@]1(CN2CCC(OCC=Cc3ccc(Cl)cc3)CC2)Cn2cc([N+](=O)[O-])nc2O1. The molecule has 0 amide bonds. The van der Waals surface area contributed by atoms with Gasteiger partial charge < -0.3 is 19.6 Å². The smallest absolute Gasteiger partial charge is 0.415 e. The van der Waals surface area contributed by atoms with Crippen molar-refractivity contribution in [1.29, 1.82) is 0 Å². The number of fused-ring (bicyclic) bond motifs is 1. The molecule has 0 aliphatic carbocycles. The molecule has 2 aromatic rings. The van der Waals surface area contributed by atoms with E-state index in [1.165, 1.54) is 6.20 Å². The van der Waals surface area contributed by atoms with Gasteiger partial charge in [0, 0.05) is 29.6 Å². The predicted molar refractivity (Wildman–Crippen MR) is 114 cm³/mol. The summed E-state index contributed by atoms with van der Waals surface area (Å²) in [5, 5.41) is 11.6. The summed E-state index contributed by atoms with van der Waals surface area (Å²) in [7, 11) is 0. The van der Waals surface area contributed by atoms with Gasteiger partial charge in [0.2, 0.25) is 0 Å². The standard InChI is InChI=1S/C21H25ClN4O4/c1-21(15-25-13-19(26(27)28)23-20(25)30-21)14-24-10-8-18(9-11-24)29-12-2-3-16-4-6-17(22)7-5-16/h2-7,13,18H,8-12,14-15H2,1H3/t21-/m0/s1. The van der Waals surface area contributed by atoms with Gasteiger partial charge in [-0.25, -0.2) is 0 Å². The zero-order valence-corrected chi connectivity index (χ0v) is 17.6. The van der Waals surface area contributed by atoms with Crippen molar-refractivity contribution in [2.45, 2.75) is 38.0 Å². The molecule has 2 aliphatic rings. The second-order valence-corrected chi connectivity index (χ2v) is 8.52. The van der Waals surface area contributed by atoms with Gasteiger partial charge in [0.1, 0.15) is 11.8 Å². The first-order valence-electron chi connectivity index (χ1n) is 10.1. The lowest BCUT2D eigenvalue weighted by Gasteiger charge is -2.36. The highest BCUT2D eigenvalue weighted by atomic mass is 35.5. The Morgan fingerprint density at radius 3 is 2.77 bits per heavy atom. The minimum absolute atomic E-state index is 0.171. The summed E-state index contributed by atoms with van der Waals surface area (Å²) in [6, 6.07) is 8.04. The van der Waals surface area contributed by atoms with E-state index in [4.69, 9.17) is 21.1 Å². The van der Waals surface area contributed by atoms with Gasteiger partial charge in [-0.1, -0.05) is 35.9 Å². The summed E-state index contributed by atoms with van der Waals surface area (Å²) in [4.78, 5) is 16.7.